The SMILES string of the molecule is CCCCN1CCN(C(=O)CN2CCN(Cc3ccc(F)cc3Cl)C2=O)CC1. The van der Waals surface area contributed by atoms with Crippen LogP contribution in [0.3, 0.4) is 0 Å². The fourth-order valence-corrected chi connectivity index (χ4v) is 3.87. The van der Waals surface area contributed by atoms with E-state index < -0.39 is 5.82 Å². The van der Waals surface area contributed by atoms with Crippen LogP contribution in [0.5, 0.6) is 0 Å². The Bertz CT molecular complexity index is 709. The molecule has 6 nitrogen and oxygen atoms in total. The molecule has 0 aliphatic carbocycles. The number of amides is 3. The molecule has 2 aliphatic heterocycles. The number of carbonyl (C=O) groups excluding carboxylic acids is 2. The second-order valence-electron chi connectivity index (χ2n) is 7.44. The normalized spacial score (nSPS) is 18.2. The highest BCUT2D eigenvalue weighted by atomic mass is 35.5. The maximum absolute atomic E-state index is 13.2. The molecule has 154 valence electrons. The number of carbonyl (C=O) groups is 2. The number of rotatable bonds is 7. The van der Waals surface area contributed by atoms with E-state index in [1.54, 1.807) is 15.9 Å². The lowest BCUT2D eigenvalue weighted by Gasteiger charge is -2.35. The Hall–Kier alpha value is -1.86. The van der Waals surface area contributed by atoms with E-state index in [9.17, 15) is 14.0 Å². The van der Waals surface area contributed by atoms with Gasteiger partial charge in [-0.2, -0.15) is 0 Å². The molecule has 3 rings (SSSR count). The van der Waals surface area contributed by atoms with Crippen LogP contribution < -0.4 is 0 Å². The first-order chi connectivity index (χ1) is 13.5. The summed E-state index contributed by atoms with van der Waals surface area (Å²) < 4.78 is 13.2. The van der Waals surface area contributed by atoms with Crippen LogP contribution in [0.2, 0.25) is 5.02 Å². The first-order valence-corrected chi connectivity index (χ1v) is 10.3. The minimum Gasteiger partial charge on any atom is -0.339 e. The Balaban J connectivity index is 1.48. The van der Waals surface area contributed by atoms with Crippen LogP contribution in [0.25, 0.3) is 0 Å². The summed E-state index contributed by atoms with van der Waals surface area (Å²) in [6.45, 7) is 7.98. The van der Waals surface area contributed by atoms with Crippen molar-refractivity contribution < 1.29 is 14.0 Å². The molecule has 8 heteroatoms. The number of nitrogens with zero attached hydrogens (tertiary/aromatic N) is 4. The van der Waals surface area contributed by atoms with Gasteiger partial charge in [-0.15, -0.1) is 0 Å². The molecule has 0 bridgehead atoms. The Morgan fingerprint density at radius 3 is 2.50 bits per heavy atom. The van der Waals surface area contributed by atoms with E-state index in [-0.39, 0.29) is 18.5 Å². The van der Waals surface area contributed by atoms with Gasteiger partial charge in [0.1, 0.15) is 12.4 Å². The van der Waals surface area contributed by atoms with Crippen molar-refractivity contribution in [2.45, 2.75) is 26.3 Å². The average molecular weight is 411 g/mol. The first-order valence-electron chi connectivity index (χ1n) is 9.96. The molecular formula is C20H28ClFN4O2. The zero-order valence-electron chi connectivity index (χ0n) is 16.4. The Morgan fingerprint density at radius 1 is 1.11 bits per heavy atom. The highest BCUT2D eigenvalue weighted by molar-refractivity contribution is 6.31. The molecule has 0 spiro atoms. The Kier molecular flexibility index (Phi) is 7.13. The summed E-state index contributed by atoms with van der Waals surface area (Å²) in [5.41, 5.74) is 0.702. The Morgan fingerprint density at radius 2 is 1.82 bits per heavy atom. The van der Waals surface area contributed by atoms with Crippen molar-refractivity contribution in [2.24, 2.45) is 0 Å². The van der Waals surface area contributed by atoms with Gasteiger partial charge in [0.05, 0.1) is 0 Å². The van der Waals surface area contributed by atoms with Crippen molar-refractivity contribution in [3.8, 4) is 0 Å². The van der Waals surface area contributed by atoms with Crippen LogP contribution >= 0.6 is 11.6 Å². The summed E-state index contributed by atoms with van der Waals surface area (Å²) in [5, 5.41) is 0.309. The zero-order valence-corrected chi connectivity index (χ0v) is 17.1. The number of hydrogen-bond donors (Lipinski definition) is 0. The molecule has 0 radical (unpaired) electrons. The third-order valence-electron chi connectivity index (χ3n) is 5.44. The second kappa shape index (κ2) is 9.56. The van der Waals surface area contributed by atoms with Crippen LogP contribution in [0, 0.1) is 5.82 Å². The molecule has 0 aromatic heterocycles. The van der Waals surface area contributed by atoms with Crippen LogP contribution in [0.4, 0.5) is 9.18 Å². The summed E-state index contributed by atoms with van der Waals surface area (Å²) in [4.78, 5) is 32.7. The highest BCUT2D eigenvalue weighted by Crippen LogP contribution is 2.21. The van der Waals surface area contributed by atoms with Crippen LogP contribution in [-0.4, -0.2) is 83.9 Å². The van der Waals surface area contributed by atoms with Gasteiger partial charge in [0.25, 0.3) is 0 Å². The van der Waals surface area contributed by atoms with Gasteiger partial charge in [-0.05, 0) is 30.7 Å². The molecule has 0 unspecified atom stereocenters. The van der Waals surface area contributed by atoms with E-state index in [2.05, 4.69) is 11.8 Å². The molecule has 28 heavy (non-hydrogen) atoms. The van der Waals surface area contributed by atoms with Gasteiger partial charge in [-0.3, -0.25) is 9.69 Å². The van der Waals surface area contributed by atoms with Crippen LogP contribution in [0.15, 0.2) is 18.2 Å². The van der Waals surface area contributed by atoms with Crippen molar-refractivity contribution in [2.75, 3.05) is 52.4 Å². The lowest BCUT2D eigenvalue weighted by Crippen LogP contribution is -2.51. The van der Waals surface area contributed by atoms with E-state index >= 15 is 0 Å². The Labute approximate surface area is 170 Å². The quantitative estimate of drug-likeness (QED) is 0.694. The van der Waals surface area contributed by atoms with E-state index in [0.717, 1.165) is 32.7 Å². The van der Waals surface area contributed by atoms with Gasteiger partial charge in [-0.1, -0.05) is 31.0 Å². The molecule has 0 atom stereocenters. The van der Waals surface area contributed by atoms with Gasteiger partial charge < -0.3 is 14.7 Å². The van der Waals surface area contributed by atoms with Crippen molar-refractivity contribution >= 4 is 23.5 Å². The number of urea groups is 1. The number of piperazine rings is 1. The molecule has 1 aromatic rings. The number of unbranched alkanes of at least 4 members (excludes halogenated alkanes) is 1. The highest BCUT2D eigenvalue weighted by Gasteiger charge is 2.32. The van der Waals surface area contributed by atoms with Crippen molar-refractivity contribution in [1.29, 1.82) is 0 Å². The fourth-order valence-electron chi connectivity index (χ4n) is 3.65. The van der Waals surface area contributed by atoms with Gasteiger partial charge in [0.15, 0.2) is 0 Å². The third-order valence-corrected chi connectivity index (χ3v) is 5.79. The molecule has 2 saturated heterocycles. The van der Waals surface area contributed by atoms with Crippen LogP contribution in [0.1, 0.15) is 25.3 Å². The van der Waals surface area contributed by atoms with Crippen molar-refractivity contribution in [1.82, 2.24) is 19.6 Å². The summed E-state index contributed by atoms with van der Waals surface area (Å²) in [6, 6.07) is 4.01. The second-order valence-corrected chi connectivity index (χ2v) is 7.84. The summed E-state index contributed by atoms with van der Waals surface area (Å²) in [5.74, 6) is -0.395. The standard InChI is InChI=1S/C20H28ClFN4O2/c1-2-3-6-23-7-9-24(10-8-23)19(27)15-26-12-11-25(20(26)28)14-16-4-5-17(22)13-18(16)21/h4-5,13H,2-3,6-12,14-15H2,1H3. The van der Waals surface area contributed by atoms with E-state index in [1.807, 2.05) is 4.90 Å². The van der Waals surface area contributed by atoms with Crippen molar-refractivity contribution in [3.63, 3.8) is 0 Å². The molecule has 2 heterocycles. The monoisotopic (exact) mass is 410 g/mol. The predicted octanol–water partition coefficient (Wildman–Crippen LogP) is 2.66. The lowest BCUT2D eigenvalue weighted by molar-refractivity contribution is -0.133. The van der Waals surface area contributed by atoms with Crippen molar-refractivity contribution in [3.05, 3.63) is 34.6 Å². The molecule has 3 amide bonds. The van der Waals surface area contributed by atoms with E-state index in [1.165, 1.54) is 25.0 Å². The number of benzene rings is 1. The fraction of sp³-hybridized carbons (Fsp3) is 0.600. The largest absolute Gasteiger partial charge is 0.339 e. The summed E-state index contributed by atoms with van der Waals surface area (Å²) >= 11 is 6.07. The number of hydrogen-bond acceptors (Lipinski definition) is 3. The maximum Gasteiger partial charge on any atom is 0.320 e. The van der Waals surface area contributed by atoms with E-state index in [4.69, 9.17) is 11.6 Å². The maximum atomic E-state index is 13.2. The molecule has 0 N–H and O–H groups in total. The zero-order chi connectivity index (χ0) is 20.1. The molecule has 1 aromatic carbocycles. The molecular weight excluding hydrogens is 383 g/mol. The molecule has 2 fully saturated rings. The molecule has 0 saturated carbocycles. The summed E-state index contributed by atoms with van der Waals surface area (Å²) in [6.07, 6.45) is 2.36. The minimum absolute atomic E-state index is 0.00477. The smallest absolute Gasteiger partial charge is 0.320 e. The van der Waals surface area contributed by atoms with Gasteiger partial charge >= 0.3 is 6.03 Å². The van der Waals surface area contributed by atoms with Crippen LogP contribution in [-0.2, 0) is 11.3 Å². The van der Waals surface area contributed by atoms with Gasteiger partial charge in [-0.25, -0.2) is 9.18 Å². The molecule has 2 aliphatic rings. The van der Waals surface area contributed by atoms with E-state index in [0.29, 0.717) is 30.2 Å². The van der Waals surface area contributed by atoms with Gasteiger partial charge in [0, 0.05) is 50.8 Å². The average Bonchev–Trinajstić information content (AvgIpc) is 3.02. The first kappa shape index (κ1) is 20.9. The number of halogens is 2. The summed E-state index contributed by atoms with van der Waals surface area (Å²) in [7, 11) is 0. The topological polar surface area (TPSA) is 47.1 Å². The lowest BCUT2D eigenvalue weighted by atomic mass is 10.2. The van der Waals surface area contributed by atoms with Gasteiger partial charge in [0.2, 0.25) is 5.91 Å². The predicted molar refractivity (Wildman–Crippen MR) is 107 cm³/mol. The minimum atomic E-state index is -0.400. The third kappa shape index (κ3) is 5.14.